The lowest BCUT2D eigenvalue weighted by Crippen LogP contribution is -2.50. The molecule has 1 atom stereocenters. The van der Waals surface area contributed by atoms with Crippen molar-refractivity contribution in [2.75, 3.05) is 59.5 Å². The molecule has 172 valence electrons. The Kier molecular flexibility index (Phi) is 10.3. The molecule has 1 amide bonds. The Morgan fingerprint density at radius 1 is 1.13 bits per heavy atom. The van der Waals surface area contributed by atoms with Gasteiger partial charge in [-0.05, 0) is 17.7 Å². The van der Waals surface area contributed by atoms with Crippen LogP contribution < -0.4 is 9.47 Å². The van der Waals surface area contributed by atoms with Crippen LogP contribution in [0.2, 0.25) is 0 Å². The van der Waals surface area contributed by atoms with Crippen LogP contribution in [0.25, 0.3) is 0 Å². The molecule has 0 saturated carbocycles. The van der Waals surface area contributed by atoms with Crippen LogP contribution in [0.3, 0.4) is 0 Å². The number of aliphatic hydroxyl groups is 1. The molecule has 1 fully saturated rings. The highest BCUT2D eigenvalue weighted by atomic mass is 16.5. The fourth-order valence-corrected chi connectivity index (χ4v) is 3.62. The quantitative estimate of drug-likeness (QED) is 0.454. The lowest BCUT2D eigenvalue weighted by molar-refractivity contribution is -0.130. The molecule has 0 spiro atoms. The summed E-state index contributed by atoms with van der Waals surface area (Å²) in [6.45, 7) is 7.90. The maximum atomic E-state index is 11.4. The number of nitrogens with zero attached hydrogens (tertiary/aromatic N) is 3. The van der Waals surface area contributed by atoms with Crippen LogP contribution in [-0.2, 0) is 16.1 Å². The Labute approximate surface area is 183 Å². The minimum atomic E-state index is -0.594. The fraction of sp³-hybridized carbons (Fsp3) is 0.545. The molecule has 2 N–H and O–H groups in total. The number of aliphatic hydroxyl groups excluding tert-OH is 1. The van der Waals surface area contributed by atoms with E-state index in [1.165, 1.54) is 5.56 Å². The third-order valence-electron chi connectivity index (χ3n) is 5.25. The Balaban J connectivity index is 0.00000107. The lowest BCUT2D eigenvalue weighted by atomic mass is 10.2. The van der Waals surface area contributed by atoms with Gasteiger partial charge in [-0.15, -0.1) is 0 Å². The number of methoxy groups -OCH3 is 1. The van der Waals surface area contributed by atoms with Crippen LogP contribution in [0.5, 0.6) is 11.5 Å². The molecular weight excluding hydrogens is 402 g/mol. The highest BCUT2D eigenvalue weighted by Crippen LogP contribution is 2.29. The van der Waals surface area contributed by atoms with E-state index < -0.39 is 6.10 Å². The van der Waals surface area contributed by atoms with Crippen molar-refractivity contribution < 1.29 is 29.3 Å². The van der Waals surface area contributed by atoms with Crippen LogP contribution >= 0.6 is 0 Å². The predicted octanol–water partition coefficient (Wildman–Crippen LogP) is 0.672. The van der Waals surface area contributed by atoms with E-state index in [9.17, 15) is 9.90 Å². The molecular formula is C22H33N3O6. The molecule has 1 aromatic rings. The van der Waals surface area contributed by atoms with E-state index in [-0.39, 0.29) is 19.0 Å². The molecule has 2 aliphatic rings. The molecule has 0 aromatic heterocycles. The second-order valence-corrected chi connectivity index (χ2v) is 7.53. The van der Waals surface area contributed by atoms with Gasteiger partial charge in [-0.25, -0.2) is 0 Å². The van der Waals surface area contributed by atoms with Gasteiger partial charge < -0.3 is 24.6 Å². The number of piperazine rings is 1. The number of hydrogen-bond donors (Lipinski definition) is 2. The number of amides is 1. The molecule has 3 rings (SSSR count). The number of carbonyl (C=O) groups excluding carboxylic acids is 1. The van der Waals surface area contributed by atoms with Crippen molar-refractivity contribution in [3.05, 3.63) is 35.9 Å². The van der Waals surface area contributed by atoms with Gasteiger partial charge in [0.2, 0.25) is 5.91 Å². The van der Waals surface area contributed by atoms with Gasteiger partial charge in [0.15, 0.2) is 11.5 Å². The molecule has 9 nitrogen and oxygen atoms in total. The topological polar surface area (TPSA) is 103 Å². The number of carbonyl (C=O) groups is 2. The summed E-state index contributed by atoms with van der Waals surface area (Å²) in [6.07, 6.45) is 3.76. The predicted molar refractivity (Wildman–Crippen MR) is 116 cm³/mol. The second kappa shape index (κ2) is 12.9. The third-order valence-corrected chi connectivity index (χ3v) is 5.25. The van der Waals surface area contributed by atoms with E-state index >= 15 is 0 Å². The SMILES string of the molecule is COc1cc(CN2CC=CC2)ccc1OCC(O)CN1CCN(C(C)=O)CC1.O=CO. The first-order valence-electron chi connectivity index (χ1n) is 10.4. The van der Waals surface area contributed by atoms with Gasteiger partial charge in [0.1, 0.15) is 12.7 Å². The first-order chi connectivity index (χ1) is 15.0. The molecule has 2 aliphatic heterocycles. The van der Waals surface area contributed by atoms with Gasteiger partial charge in [-0.3, -0.25) is 19.4 Å². The van der Waals surface area contributed by atoms with Crippen molar-refractivity contribution in [1.29, 1.82) is 0 Å². The maximum absolute atomic E-state index is 11.4. The van der Waals surface area contributed by atoms with E-state index in [1.54, 1.807) is 14.0 Å². The summed E-state index contributed by atoms with van der Waals surface area (Å²) in [5, 5.41) is 17.2. The normalized spacial score (nSPS) is 17.6. The summed E-state index contributed by atoms with van der Waals surface area (Å²) in [5.74, 6) is 1.44. The van der Waals surface area contributed by atoms with Crippen molar-refractivity contribution in [1.82, 2.24) is 14.7 Å². The summed E-state index contributed by atoms with van der Waals surface area (Å²) in [7, 11) is 1.63. The van der Waals surface area contributed by atoms with Crippen LogP contribution in [0.1, 0.15) is 12.5 Å². The van der Waals surface area contributed by atoms with E-state index in [1.807, 2.05) is 23.1 Å². The lowest BCUT2D eigenvalue weighted by Gasteiger charge is -2.35. The van der Waals surface area contributed by atoms with E-state index in [4.69, 9.17) is 19.4 Å². The standard InChI is InChI=1S/C21H31N3O4.CH2O2/c1-17(25)24-11-9-23(10-12-24)15-19(26)16-28-20-6-5-18(13-21(20)27-2)14-22-7-3-4-8-22;2-1-3/h3-6,13,19,26H,7-12,14-16H2,1-2H3;1H,(H,2,3). The van der Waals surface area contributed by atoms with Gasteiger partial charge in [-0.2, -0.15) is 0 Å². The summed E-state index contributed by atoms with van der Waals surface area (Å²) in [4.78, 5) is 26.1. The number of rotatable bonds is 8. The maximum Gasteiger partial charge on any atom is 0.290 e. The van der Waals surface area contributed by atoms with Gasteiger partial charge in [0, 0.05) is 59.3 Å². The molecule has 1 unspecified atom stereocenters. The van der Waals surface area contributed by atoms with Crippen LogP contribution in [0.4, 0.5) is 0 Å². The molecule has 1 saturated heterocycles. The van der Waals surface area contributed by atoms with Crippen molar-refractivity contribution in [2.45, 2.75) is 19.6 Å². The second-order valence-electron chi connectivity index (χ2n) is 7.53. The summed E-state index contributed by atoms with van der Waals surface area (Å²) in [6, 6.07) is 5.96. The van der Waals surface area contributed by atoms with Crippen LogP contribution in [0.15, 0.2) is 30.4 Å². The first kappa shape index (κ1) is 24.6. The fourth-order valence-electron chi connectivity index (χ4n) is 3.62. The van der Waals surface area contributed by atoms with Crippen LogP contribution in [0, 0.1) is 0 Å². The van der Waals surface area contributed by atoms with Gasteiger partial charge in [0.05, 0.1) is 7.11 Å². The zero-order chi connectivity index (χ0) is 22.6. The molecule has 0 radical (unpaired) electrons. The Morgan fingerprint density at radius 3 is 2.35 bits per heavy atom. The third kappa shape index (κ3) is 8.20. The van der Waals surface area contributed by atoms with Crippen molar-refractivity contribution >= 4 is 12.4 Å². The Morgan fingerprint density at radius 2 is 1.77 bits per heavy atom. The number of ether oxygens (including phenoxy) is 2. The first-order valence-corrected chi connectivity index (χ1v) is 10.4. The summed E-state index contributed by atoms with van der Waals surface area (Å²) < 4.78 is 11.3. The van der Waals surface area contributed by atoms with Crippen LogP contribution in [-0.4, -0.2) is 103 Å². The number of β-amino-alcohol motifs (C(OH)–C–C–N with tert-alkyl or cyclic N) is 1. The summed E-state index contributed by atoms with van der Waals surface area (Å²) in [5.41, 5.74) is 1.18. The molecule has 9 heteroatoms. The van der Waals surface area contributed by atoms with E-state index in [0.717, 1.165) is 32.7 Å². The smallest absolute Gasteiger partial charge is 0.290 e. The molecule has 1 aromatic carbocycles. The van der Waals surface area contributed by atoms with Gasteiger partial charge >= 0.3 is 0 Å². The summed E-state index contributed by atoms with van der Waals surface area (Å²) >= 11 is 0. The van der Waals surface area contributed by atoms with Gasteiger partial charge in [-0.1, -0.05) is 18.2 Å². The highest BCUT2D eigenvalue weighted by Gasteiger charge is 2.21. The van der Waals surface area contributed by atoms with Gasteiger partial charge in [0.25, 0.3) is 6.47 Å². The number of hydrogen-bond acceptors (Lipinski definition) is 7. The van der Waals surface area contributed by atoms with E-state index in [2.05, 4.69) is 22.0 Å². The van der Waals surface area contributed by atoms with E-state index in [0.29, 0.717) is 31.1 Å². The zero-order valence-electron chi connectivity index (χ0n) is 18.3. The van der Waals surface area contributed by atoms with Crippen molar-refractivity contribution in [3.63, 3.8) is 0 Å². The monoisotopic (exact) mass is 435 g/mol. The average molecular weight is 436 g/mol. The minimum Gasteiger partial charge on any atom is -0.493 e. The average Bonchev–Trinajstić information content (AvgIpc) is 3.26. The molecule has 0 aliphatic carbocycles. The zero-order valence-corrected chi connectivity index (χ0v) is 18.3. The largest absolute Gasteiger partial charge is 0.493 e. The minimum absolute atomic E-state index is 0.111. The van der Waals surface area contributed by atoms with Crippen molar-refractivity contribution in [3.8, 4) is 11.5 Å². The van der Waals surface area contributed by atoms with Crippen molar-refractivity contribution in [2.24, 2.45) is 0 Å². The number of carboxylic acid groups (broad SMARTS) is 1. The highest BCUT2D eigenvalue weighted by molar-refractivity contribution is 5.73. The Bertz CT molecular complexity index is 726. The molecule has 0 bridgehead atoms. The Hall–Kier alpha value is -2.62. The molecule has 31 heavy (non-hydrogen) atoms. The number of benzene rings is 1. The molecule has 2 heterocycles.